The van der Waals surface area contributed by atoms with Crippen molar-refractivity contribution in [2.45, 2.75) is 34.1 Å². The highest BCUT2D eigenvalue weighted by molar-refractivity contribution is 5.93. The van der Waals surface area contributed by atoms with Gasteiger partial charge in [0, 0.05) is 12.1 Å². The lowest BCUT2D eigenvalue weighted by molar-refractivity contribution is 0.0983. The third-order valence-corrected chi connectivity index (χ3v) is 3.25. The Balaban J connectivity index is 2.40. The van der Waals surface area contributed by atoms with E-state index in [-0.39, 0.29) is 5.78 Å². The van der Waals surface area contributed by atoms with E-state index in [1.54, 1.807) is 12.3 Å². The zero-order valence-corrected chi connectivity index (χ0v) is 11.2. The fraction of sp³-hybridized carbons (Fsp3) is 0.357. The maximum atomic E-state index is 11.5. The maximum absolute atomic E-state index is 11.5. The van der Waals surface area contributed by atoms with Crippen molar-refractivity contribution < 1.29 is 4.79 Å². The minimum absolute atomic E-state index is 0.0612. The molecule has 0 aromatic carbocycles. The van der Waals surface area contributed by atoms with Gasteiger partial charge in [-0.2, -0.15) is 5.10 Å². The van der Waals surface area contributed by atoms with Crippen molar-refractivity contribution in [2.75, 3.05) is 0 Å². The summed E-state index contributed by atoms with van der Waals surface area (Å²) in [6, 6.07) is 3.64. The Bertz CT molecular complexity index is 582. The van der Waals surface area contributed by atoms with Gasteiger partial charge in [-0.1, -0.05) is 6.92 Å². The molecule has 2 rings (SSSR count). The molecule has 0 saturated carbocycles. The zero-order valence-electron chi connectivity index (χ0n) is 11.2. The van der Waals surface area contributed by atoms with Gasteiger partial charge in [-0.3, -0.25) is 9.78 Å². The molecule has 0 fully saturated rings. The van der Waals surface area contributed by atoms with Crippen LogP contribution in [0.25, 0.3) is 5.69 Å². The van der Waals surface area contributed by atoms with Crippen LogP contribution in [0.15, 0.2) is 18.3 Å². The average molecular weight is 243 g/mol. The van der Waals surface area contributed by atoms with Gasteiger partial charge in [0.05, 0.1) is 17.6 Å². The second-order valence-corrected chi connectivity index (χ2v) is 4.39. The van der Waals surface area contributed by atoms with Crippen molar-refractivity contribution in [3.8, 4) is 5.69 Å². The lowest BCUT2D eigenvalue weighted by atomic mass is 10.2. The molecule has 0 aliphatic heterocycles. The molecule has 0 spiro atoms. The highest BCUT2D eigenvalue weighted by Gasteiger charge is 2.10. The summed E-state index contributed by atoms with van der Waals surface area (Å²) in [5.41, 5.74) is 4.70. The molecule has 0 radical (unpaired) electrons. The van der Waals surface area contributed by atoms with Crippen molar-refractivity contribution in [1.29, 1.82) is 0 Å². The number of aryl methyl sites for hydroxylation is 1. The molecule has 18 heavy (non-hydrogen) atoms. The smallest absolute Gasteiger partial charge is 0.180 e. The van der Waals surface area contributed by atoms with Crippen LogP contribution < -0.4 is 0 Å². The molecule has 0 amide bonds. The molecule has 2 aromatic heterocycles. The Morgan fingerprint density at radius 3 is 2.44 bits per heavy atom. The number of nitrogens with zero attached hydrogens (tertiary/aromatic N) is 3. The van der Waals surface area contributed by atoms with Gasteiger partial charge in [0.15, 0.2) is 5.78 Å². The number of pyridine rings is 1. The Kier molecular flexibility index (Phi) is 3.28. The number of hydrogen-bond donors (Lipinski definition) is 0. The zero-order chi connectivity index (χ0) is 13.3. The first-order chi connectivity index (χ1) is 8.54. The lowest BCUT2D eigenvalue weighted by Gasteiger charge is -2.05. The molecular formula is C14H17N3O. The molecule has 2 aromatic rings. The van der Waals surface area contributed by atoms with Crippen LogP contribution in [0.4, 0.5) is 0 Å². The second-order valence-electron chi connectivity index (χ2n) is 4.39. The van der Waals surface area contributed by atoms with Crippen molar-refractivity contribution in [1.82, 2.24) is 14.8 Å². The molecule has 94 valence electrons. The number of carbonyl (C=O) groups is 1. The summed E-state index contributed by atoms with van der Waals surface area (Å²) >= 11 is 0. The molecule has 2 heterocycles. The molecule has 0 aliphatic rings. The van der Waals surface area contributed by atoms with Gasteiger partial charge in [-0.15, -0.1) is 0 Å². The normalized spacial score (nSPS) is 10.7. The van der Waals surface area contributed by atoms with E-state index >= 15 is 0 Å². The Morgan fingerprint density at radius 2 is 2.00 bits per heavy atom. The molecule has 0 atom stereocenters. The summed E-state index contributed by atoms with van der Waals surface area (Å²) in [4.78, 5) is 15.7. The number of rotatable bonds is 3. The predicted octanol–water partition coefficient (Wildman–Crippen LogP) is 2.79. The second kappa shape index (κ2) is 4.72. The summed E-state index contributed by atoms with van der Waals surface area (Å²) in [7, 11) is 0. The molecule has 0 saturated heterocycles. The third-order valence-electron chi connectivity index (χ3n) is 3.25. The fourth-order valence-corrected chi connectivity index (χ4v) is 1.83. The number of hydrogen-bond acceptors (Lipinski definition) is 3. The summed E-state index contributed by atoms with van der Waals surface area (Å²) < 4.78 is 1.86. The topological polar surface area (TPSA) is 47.8 Å². The molecule has 0 aliphatic carbocycles. The standard InChI is InChI=1S/C14H17N3O/c1-5-14(18)13-7-6-12(8-15-13)17-11(4)9(2)10(3)16-17/h6-8H,5H2,1-4H3. The van der Waals surface area contributed by atoms with Crippen LogP contribution in [0.2, 0.25) is 0 Å². The van der Waals surface area contributed by atoms with Crippen LogP contribution >= 0.6 is 0 Å². The highest BCUT2D eigenvalue weighted by atomic mass is 16.1. The van der Waals surface area contributed by atoms with E-state index in [2.05, 4.69) is 17.0 Å². The van der Waals surface area contributed by atoms with Gasteiger partial charge >= 0.3 is 0 Å². The first-order valence-electron chi connectivity index (χ1n) is 6.07. The van der Waals surface area contributed by atoms with E-state index in [9.17, 15) is 4.79 Å². The largest absolute Gasteiger partial charge is 0.292 e. The Labute approximate surface area is 107 Å². The SMILES string of the molecule is CCC(=O)c1ccc(-n2nc(C)c(C)c2C)cn1. The lowest BCUT2D eigenvalue weighted by Crippen LogP contribution is -2.04. The molecule has 0 bridgehead atoms. The third kappa shape index (κ3) is 2.06. The van der Waals surface area contributed by atoms with E-state index in [1.165, 1.54) is 5.56 Å². The Hall–Kier alpha value is -1.97. The van der Waals surface area contributed by atoms with Crippen LogP contribution in [0.5, 0.6) is 0 Å². The monoisotopic (exact) mass is 243 g/mol. The van der Waals surface area contributed by atoms with Crippen molar-refractivity contribution >= 4 is 5.78 Å². The van der Waals surface area contributed by atoms with Gasteiger partial charge in [0.2, 0.25) is 0 Å². The first kappa shape index (κ1) is 12.5. The summed E-state index contributed by atoms with van der Waals surface area (Å²) in [6.07, 6.45) is 2.17. The average Bonchev–Trinajstić information content (AvgIpc) is 2.66. The van der Waals surface area contributed by atoms with Crippen molar-refractivity contribution in [3.05, 3.63) is 41.0 Å². The number of carbonyl (C=O) groups excluding carboxylic acids is 1. The number of Topliss-reactive ketones (excluding diaryl/α,β-unsaturated/α-hetero) is 1. The van der Waals surface area contributed by atoms with Crippen molar-refractivity contribution in [2.24, 2.45) is 0 Å². The van der Waals surface area contributed by atoms with Gasteiger partial charge in [-0.05, 0) is 38.5 Å². The molecular weight excluding hydrogens is 226 g/mol. The van der Waals surface area contributed by atoms with E-state index < -0.39 is 0 Å². The molecule has 4 nitrogen and oxygen atoms in total. The van der Waals surface area contributed by atoms with Crippen LogP contribution in [0.1, 0.15) is 40.8 Å². The van der Waals surface area contributed by atoms with Crippen molar-refractivity contribution in [3.63, 3.8) is 0 Å². The van der Waals surface area contributed by atoms with Gasteiger partial charge in [-0.25, -0.2) is 4.68 Å². The summed E-state index contributed by atoms with van der Waals surface area (Å²) in [6.45, 7) is 7.90. The number of aromatic nitrogens is 3. The van der Waals surface area contributed by atoms with Crippen LogP contribution in [-0.2, 0) is 0 Å². The predicted molar refractivity (Wildman–Crippen MR) is 70.2 cm³/mol. The van der Waals surface area contributed by atoms with Crippen LogP contribution in [0.3, 0.4) is 0 Å². The summed E-state index contributed by atoms with van der Waals surface area (Å²) in [5, 5.41) is 4.47. The minimum atomic E-state index is 0.0612. The molecule has 4 heteroatoms. The van der Waals surface area contributed by atoms with E-state index in [0.29, 0.717) is 12.1 Å². The molecule has 0 unspecified atom stereocenters. The van der Waals surface area contributed by atoms with E-state index in [0.717, 1.165) is 17.1 Å². The maximum Gasteiger partial charge on any atom is 0.180 e. The Morgan fingerprint density at radius 1 is 1.28 bits per heavy atom. The highest BCUT2D eigenvalue weighted by Crippen LogP contribution is 2.16. The van der Waals surface area contributed by atoms with E-state index in [4.69, 9.17) is 0 Å². The summed E-state index contributed by atoms with van der Waals surface area (Å²) in [5.74, 6) is 0.0612. The van der Waals surface area contributed by atoms with Gasteiger partial charge in [0.25, 0.3) is 0 Å². The quantitative estimate of drug-likeness (QED) is 0.779. The van der Waals surface area contributed by atoms with Crippen LogP contribution in [-0.4, -0.2) is 20.5 Å². The van der Waals surface area contributed by atoms with E-state index in [1.807, 2.05) is 31.5 Å². The number of ketones is 1. The van der Waals surface area contributed by atoms with Gasteiger partial charge in [0.1, 0.15) is 5.69 Å². The minimum Gasteiger partial charge on any atom is -0.292 e. The molecule has 0 N–H and O–H groups in total. The van der Waals surface area contributed by atoms with Crippen LogP contribution in [0, 0.1) is 20.8 Å². The fourth-order valence-electron chi connectivity index (χ4n) is 1.83. The van der Waals surface area contributed by atoms with Gasteiger partial charge < -0.3 is 0 Å². The first-order valence-corrected chi connectivity index (χ1v) is 6.07.